The molecule has 0 rings (SSSR count). The maximum atomic E-state index is 12.7. The van der Waals surface area contributed by atoms with Crippen molar-refractivity contribution in [1.82, 2.24) is 0 Å². The Bertz CT molecular complexity index is 257. The van der Waals surface area contributed by atoms with Gasteiger partial charge in [0.2, 0.25) is 0 Å². The number of halogens is 9. The van der Waals surface area contributed by atoms with E-state index in [0.717, 1.165) is 0 Å². The van der Waals surface area contributed by atoms with E-state index in [1.165, 1.54) is 6.26 Å². The quantitative estimate of drug-likeness (QED) is 0.685. The smallest absolute Gasteiger partial charge is 0.200 e. The molecule has 0 fully saturated rings. The predicted octanol–water partition coefficient (Wildman–Crippen LogP) is 4.21. The Hall–Kier alpha value is -0.280. The summed E-state index contributed by atoms with van der Waals surface area (Å²) in [4.78, 5) is 0. The Morgan fingerprint density at radius 1 is 0.765 bits per heavy atom. The summed E-state index contributed by atoms with van der Waals surface area (Å²) in [5.41, 5.74) is 0. The lowest BCUT2D eigenvalue weighted by atomic mass is 10.0. The fourth-order valence-corrected chi connectivity index (χ4v) is 1.26. The molecular weight excluding hydrogens is 287 g/mol. The summed E-state index contributed by atoms with van der Waals surface area (Å²) in [6.45, 7) is 0. The van der Waals surface area contributed by atoms with Gasteiger partial charge < -0.3 is 0 Å². The van der Waals surface area contributed by atoms with Crippen molar-refractivity contribution in [2.24, 2.45) is 0 Å². The summed E-state index contributed by atoms with van der Waals surface area (Å²) in [5.74, 6) is -19.4. The molecule has 0 nitrogen and oxygen atoms in total. The molecule has 104 valence electrons. The Kier molecular flexibility index (Phi) is 4.69. The lowest BCUT2D eigenvalue weighted by molar-refractivity contribution is -0.396. The van der Waals surface area contributed by atoms with Crippen molar-refractivity contribution in [3.63, 3.8) is 0 Å². The summed E-state index contributed by atoms with van der Waals surface area (Å²) in [7, 11) is 0. The summed E-state index contributed by atoms with van der Waals surface area (Å²) < 4.78 is 110. The molecule has 0 saturated heterocycles. The third-order valence-electron chi connectivity index (χ3n) is 1.83. The number of hydrogen-bond donors (Lipinski definition) is 0. The van der Waals surface area contributed by atoms with Crippen LogP contribution in [0.1, 0.15) is 6.42 Å². The summed E-state index contributed by atoms with van der Waals surface area (Å²) in [5, 5.41) is 0. The van der Waals surface area contributed by atoms with E-state index in [9.17, 15) is 39.5 Å². The third kappa shape index (κ3) is 2.94. The van der Waals surface area contributed by atoms with Crippen LogP contribution in [0.3, 0.4) is 0 Å². The number of hydrogen-bond acceptors (Lipinski definition) is 1. The fraction of sp³-hybridized carbons (Fsp3) is 1.00. The second-order valence-electron chi connectivity index (χ2n) is 3.09. The molecule has 0 aliphatic rings. The van der Waals surface area contributed by atoms with Crippen molar-refractivity contribution in [2.75, 3.05) is 12.0 Å². The van der Waals surface area contributed by atoms with E-state index in [1.807, 2.05) is 0 Å². The van der Waals surface area contributed by atoms with Gasteiger partial charge >= 0.3 is 23.9 Å². The standard InChI is InChI=1S/C7H7F9S/c1-17-3-2-4(8,9)5(10,11)6(12,13)7(14,15)16/h2-3H2,1H3. The molecule has 17 heavy (non-hydrogen) atoms. The molecule has 10 heteroatoms. The number of alkyl halides is 9. The van der Waals surface area contributed by atoms with Crippen LogP contribution in [-0.4, -0.2) is 36.0 Å². The van der Waals surface area contributed by atoms with Crippen molar-refractivity contribution in [1.29, 1.82) is 0 Å². The largest absolute Gasteiger partial charge is 0.460 e. The van der Waals surface area contributed by atoms with Gasteiger partial charge in [0, 0.05) is 6.42 Å². The van der Waals surface area contributed by atoms with E-state index in [0.29, 0.717) is 11.8 Å². The van der Waals surface area contributed by atoms with Crippen molar-refractivity contribution < 1.29 is 39.5 Å². The molecule has 0 bridgehead atoms. The summed E-state index contributed by atoms with van der Waals surface area (Å²) >= 11 is 0.623. The van der Waals surface area contributed by atoms with Crippen LogP contribution in [0.15, 0.2) is 0 Å². The first-order valence-electron chi connectivity index (χ1n) is 4.00. The van der Waals surface area contributed by atoms with E-state index < -0.39 is 36.1 Å². The average molecular weight is 294 g/mol. The lowest BCUT2D eigenvalue weighted by Crippen LogP contribution is -2.60. The Labute approximate surface area is 94.5 Å². The van der Waals surface area contributed by atoms with Gasteiger partial charge in [-0.05, 0) is 12.0 Å². The molecule has 0 amide bonds. The normalized spacial score (nSPS) is 15.2. The van der Waals surface area contributed by atoms with E-state index in [4.69, 9.17) is 0 Å². The van der Waals surface area contributed by atoms with Crippen LogP contribution in [0.4, 0.5) is 39.5 Å². The van der Waals surface area contributed by atoms with Gasteiger partial charge in [0.15, 0.2) is 0 Å². The minimum absolute atomic E-state index is 0.623. The first-order valence-corrected chi connectivity index (χ1v) is 5.40. The van der Waals surface area contributed by atoms with Crippen molar-refractivity contribution in [3.8, 4) is 0 Å². The zero-order valence-electron chi connectivity index (χ0n) is 8.22. The molecule has 0 aliphatic heterocycles. The van der Waals surface area contributed by atoms with E-state index in [-0.39, 0.29) is 0 Å². The van der Waals surface area contributed by atoms with Crippen molar-refractivity contribution in [3.05, 3.63) is 0 Å². The van der Waals surface area contributed by atoms with Gasteiger partial charge in [-0.3, -0.25) is 0 Å². The van der Waals surface area contributed by atoms with E-state index in [2.05, 4.69) is 0 Å². The molecule has 0 aromatic heterocycles. The molecule has 0 aromatic rings. The van der Waals surface area contributed by atoms with Gasteiger partial charge in [0.1, 0.15) is 0 Å². The maximum Gasteiger partial charge on any atom is 0.460 e. The van der Waals surface area contributed by atoms with Gasteiger partial charge in [-0.2, -0.15) is 51.3 Å². The third-order valence-corrected chi connectivity index (χ3v) is 2.44. The van der Waals surface area contributed by atoms with Crippen LogP contribution in [0.25, 0.3) is 0 Å². The van der Waals surface area contributed by atoms with E-state index in [1.54, 1.807) is 0 Å². The molecule has 0 saturated carbocycles. The van der Waals surface area contributed by atoms with Crippen LogP contribution < -0.4 is 0 Å². The van der Waals surface area contributed by atoms with Crippen LogP contribution in [0.2, 0.25) is 0 Å². The minimum atomic E-state index is -6.78. The maximum absolute atomic E-state index is 12.7. The predicted molar refractivity (Wildman–Crippen MR) is 43.9 cm³/mol. The van der Waals surface area contributed by atoms with Gasteiger partial charge in [0.25, 0.3) is 0 Å². The average Bonchev–Trinajstić information content (AvgIpc) is 2.12. The fourth-order valence-electron chi connectivity index (χ4n) is 0.795. The lowest BCUT2D eigenvalue weighted by Gasteiger charge is -2.33. The highest BCUT2D eigenvalue weighted by molar-refractivity contribution is 7.98. The summed E-state index contributed by atoms with van der Waals surface area (Å²) in [6.07, 6.45) is -7.29. The van der Waals surface area contributed by atoms with Gasteiger partial charge in [0.05, 0.1) is 0 Å². The topological polar surface area (TPSA) is 0 Å². The Balaban J connectivity index is 5.24. The highest BCUT2D eigenvalue weighted by Gasteiger charge is 2.81. The number of rotatable bonds is 5. The van der Waals surface area contributed by atoms with Crippen LogP contribution in [0.5, 0.6) is 0 Å². The van der Waals surface area contributed by atoms with Gasteiger partial charge in [-0.25, -0.2) is 0 Å². The van der Waals surface area contributed by atoms with Crippen LogP contribution in [-0.2, 0) is 0 Å². The molecule has 0 radical (unpaired) electrons. The SMILES string of the molecule is CSCCC(F)(F)C(F)(F)C(F)(F)C(F)(F)F. The highest BCUT2D eigenvalue weighted by atomic mass is 32.2. The summed E-state index contributed by atoms with van der Waals surface area (Å²) in [6, 6.07) is 0. The van der Waals surface area contributed by atoms with Crippen LogP contribution in [0, 0.1) is 0 Å². The molecule has 0 unspecified atom stereocenters. The van der Waals surface area contributed by atoms with Crippen molar-refractivity contribution in [2.45, 2.75) is 30.4 Å². The molecule has 0 aromatic carbocycles. The Morgan fingerprint density at radius 2 is 1.18 bits per heavy atom. The van der Waals surface area contributed by atoms with E-state index >= 15 is 0 Å². The molecule has 0 aliphatic carbocycles. The van der Waals surface area contributed by atoms with Crippen molar-refractivity contribution >= 4 is 11.8 Å². The second-order valence-corrected chi connectivity index (χ2v) is 4.08. The monoisotopic (exact) mass is 294 g/mol. The first kappa shape index (κ1) is 16.7. The zero-order valence-corrected chi connectivity index (χ0v) is 9.04. The molecule has 0 spiro atoms. The molecule has 0 atom stereocenters. The number of thioether (sulfide) groups is 1. The Morgan fingerprint density at radius 3 is 1.47 bits per heavy atom. The second kappa shape index (κ2) is 4.77. The van der Waals surface area contributed by atoms with Gasteiger partial charge in [-0.15, -0.1) is 0 Å². The highest BCUT2D eigenvalue weighted by Crippen LogP contribution is 2.54. The first-order chi connectivity index (χ1) is 7.31. The molecular formula is C7H7F9S. The molecule has 0 N–H and O–H groups in total. The van der Waals surface area contributed by atoms with Crippen LogP contribution >= 0.6 is 11.8 Å². The van der Waals surface area contributed by atoms with Gasteiger partial charge in [-0.1, -0.05) is 0 Å². The zero-order chi connectivity index (χ0) is 14.1. The molecule has 0 heterocycles. The minimum Gasteiger partial charge on any atom is -0.200 e.